The highest BCUT2D eigenvalue weighted by Gasteiger charge is 2.54. The van der Waals surface area contributed by atoms with Crippen LogP contribution in [0.5, 0.6) is 11.5 Å². The van der Waals surface area contributed by atoms with Gasteiger partial charge in [-0.05, 0) is 23.8 Å². The van der Waals surface area contributed by atoms with Crippen molar-refractivity contribution in [2.45, 2.75) is 24.3 Å². The summed E-state index contributed by atoms with van der Waals surface area (Å²) >= 11 is 0. The molecule has 1 heterocycles. The largest absolute Gasteiger partial charge is 0.504 e. The first-order valence-corrected chi connectivity index (χ1v) is 8.26. The van der Waals surface area contributed by atoms with Crippen LogP contribution in [0, 0.1) is 0 Å². The third-order valence-electron chi connectivity index (χ3n) is 5.82. The van der Waals surface area contributed by atoms with Crippen molar-refractivity contribution in [2.75, 3.05) is 27.8 Å². The van der Waals surface area contributed by atoms with Gasteiger partial charge in [-0.3, -0.25) is 4.79 Å². The number of nitrogens with one attached hydrogen (secondary N) is 1. The van der Waals surface area contributed by atoms with E-state index in [0.29, 0.717) is 11.5 Å². The van der Waals surface area contributed by atoms with Crippen molar-refractivity contribution >= 4 is 5.78 Å². The molecule has 1 aliphatic heterocycles. The van der Waals surface area contributed by atoms with Crippen molar-refractivity contribution in [3.05, 3.63) is 46.7 Å². The number of fused-ring (bicyclic) bond motifs is 1. The van der Waals surface area contributed by atoms with E-state index < -0.39 is 5.41 Å². The van der Waals surface area contributed by atoms with Crippen molar-refractivity contribution < 1.29 is 24.3 Å². The lowest BCUT2D eigenvalue weighted by Gasteiger charge is -2.50. The van der Waals surface area contributed by atoms with Crippen LogP contribution in [0.25, 0.3) is 0 Å². The van der Waals surface area contributed by atoms with Crippen LogP contribution in [-0.2, 0) is 21.4 Å². The van der Waals surface area contributed by atoms with Crippen molar-refractivity contribution in [3.8, 4) is 11.5 Å². The number of hydrogen-bond acceptors (Lipinski definition) is 4. The topological polar surface area (TPSA) is 60.2 Å². The molecule has 1 aromatic carbocycles. The number of carbonyl (C=O) groups is 1. The van der Waals surface area contributed by atoms with Gasteiger partial charge in [0.2, 0.25) is 5.78 Å². The molecule has 5 heteroatoms. The molecule has 3 aliphatic rings. The van der Waals surface area contributed by atoms with Gasteiger partial charge in [0.15, 0.2) is 17.3 Å². The molecular formula is C19H22NO4+. The summed E-state index contributed by atoms with van der Waals surface area (Å²) in [6.45, 7) is 0.988. The molecule has 2 bridgehead atoms. The van der Waals surface area contributed by atoms with E-state index >= 15 is 0 Å². The first-order chi connectivity index (χ1) is 11.5. The maximum absolute atomic E-state index is 12.4. The molecule has 0 aromatic heterocycles. The number of methoxy groups -OCH3 is 2. The lowest BCUT2D eigenvalue weighted by Crippen LogP contribution is -3.15. The molecule has 0 amide bonds. The number of phenolic OH excluding ortho intramolecular Hbond substituents is 1. The van der Waals surface area contributed by atoms with Crippen LogP contribution in [0.2, 0.25) is 0 Å². The molecule has 0 spiro atoms. The number of phenols is 1. The molecule has 4 rings (SSSR count). The van der Waals surface area contributed by atoms with Gasteiger partial charge >= 0.3 is 0 Å². The summed E-state index contributed by atoms with van der Waals surface area (Å²) in [6, 6.07) is 3.94. The van der Waals surface area contributed by atoms with Crippen LogP contribution < -0.4 is 9.64 Å². The lowest BCUT2D eigenvalue weighted by atomic mass is 9.58. The smallest absolute Gasteiger partial charge is 0.220 e. The molecule has 24 heavy (non-hydrogen) atoms. The van der Waals surface area contributed by atoms with E-state index in [2.05, 4.69) is 7.05 Å². The van der Waals surface area contributed by atoms with E-state index in [1.54, 1.807) is 19.3 Å². The molecule has 1 unspecified atom stereocenters. The SMILES string of the molecule is COC1=C[C@@]23CC[NH+](C)[C@@H](Cc4ccc(O)c(OC)c42)C3=CC1=O. The third-order valence-corrected chi connectivity index (χ3v) is 5.82. The second-order valence-corrected chi connectivity index (χ2v) is 6.90. The van der Waals surface area contributed by atoms with E-state index in [0.717, 1.165) is 30.5 Å². The molecule has 0 radical (unpaired) electrons. The van der Waals surface area contributed by atoms with Gasteiger partial charge in [-0.25, -0.2) is 0 Å². The zero-order valence-electron chi connectivity index (χ0n) is 14.2. The molecule has 126 valence electrons. The molecule has 5 nitrogen and oxygen atoms in total. The fourth-order valence-corrected chi connectivity index (χ4v) is 4.66. The monoisotopic (exact) mass is 328 g/mol. The first-order valence-electron chi connectivity index (χ1n) is 8.26. The minimum Gasteiger partial charge on any atom is -0.504 e. The van der Waals surface area contributed by atoms with E-state index in [-0.39, 0.29) is 17.6 Å². The Morgan fingerprint density at radius 2 is 2.08 bits per heavy atom. The fourth-order valence-electron chi connectivity index (χ4n) is 4.66. The van der Waals surface area contributed by atoms with E-state index in [4.69, 9.17) is 9.47 Å². The maximum Gasteiger partial charge on any atom is 0.220 e. The average molecular weight is 328 g/mol. The number of piperidine rings is 1. The van der Waals surface area contributed by atoms with Crippen molar-refractivity contribution in [3.63, 3.8) is 0 Å². The Balaban J connectivity index is 2.05. The molecule has 1 fully saturated rings. The summed E-state index contributed by atoms with van der Waals surface area (Å²) in [4.78, 5) is 13.8. The zero-order valence-corrected chi connectivity index (χ0v) is 14.2. The molecular weight excluding hydrogens is 306 g/mol. The van der Waals surface area contributed by atoms with Crippen LogP contribution in [0.15, 0.2) is 35.6 Å². The number of quaternary nitrogens is 1. The van der Waals surface area contributed by atoms with Crippen LogP contribution >= 0.6 is 0 Å². The highest BCUT2D eigenvalue weighted by molar-refractivity contribution is 6.05. The quantitative estimate of drug-likeness (QED) is 0.831. The molecule has 0 saturated carbocycles. The van der Waals surface area contributed by atoms with Crippen LogP contribution in [0.4, 0.5) is 0 Å². The van der Waals surface area contributed by atoms with Crippen molar-refractivity contribution in [2.24, 2.45) is 0 Å². The number of hydrogen-bond donors (Lipinski definition) is 2. The Morgan fingerprint density at radius 3 is 2.79 bits per heavy atom. The van der Waals surface area contributed by atoms with Gasteiger partial charge in [0.1, 0.15) is 6.04 Å². The number of benzene rings is 1. The molecule has 1 saturated heterocycles. The number of rotatable bonds is 2. The van der Waals surface area contributed by atoms with Crippen LogP contribution in [0.1, 0.15) is 17.5 Å². The number of aromatic hydroxyl groups is 1. The lowest BCUT2D eigenvalue weighted by molar-refractivity contribution is -0.905. The summed E-state index contributed by atoms with van der Waals surface area (Å²) in [7, 11) is 5.29. The first kappa shape index (κ1) is 15.3. The van der Waals surface area contributed by atoms with Crippen LogP contribution in [-0.4, -0.2) is 44.7 Å². The fraction of sp³-hybridized carbons (Fsp3) is 0.421. The van der Waals surface area contributed by atoms with Crippen LogP contribution in [0.3, 0.4) is 0 Å². The Bertz CT molecular complexity index is 795. The molecule has 2 aliphatic carbocycles. The average Bonchev–Trinajstić information content (AvgIpc) is 2.58. The normalized spacial score (nSPS) is 30.7. The summed E-state index contributed by atoms with van der Waals surface area (Å²) in [5, 5.41) is 10.3. The van der Waals surface area contributed by atoms with E-state index in [9.17, 15) is 9.90 Å². The van der Waals surface area contributed by atoms with Gasteiger partial charge in [-0.2, -0.15) is 0 Å². The molecule has 3 atom stereocenters. The Hall–Kier alpha value is -2.27. The minimum atomic E-state index is -0.429. The summed E-state index contributed by atoms with van der Waals surface area (Å²) in [5.74, 6) is 0.942. The van der Waals surface area contributed by atoms with Crippen molar-refractivity contribution in [1.82, 2.24) is 0 Å². The van der Waals surface area contributed by atoms with Gasteiger partial charge in [0, 0.05) is 24.0 Å². The minimum absolute atomic E-state index is 0.0783. The number of likely N-dealkylation sites (N-methyl/N-ethyl adjacent to an activating group) is 1. The predicted molar refractivity (Wildman–Crippen MR) is 88.4 cm³/mol. The number of allylic oxidation sites excluding steroid dienone is 2. The predicted octanol–water partition coefficient (Wildman–Crippen LogP) is 0.521. The summed E-state index contributed by atoms with van der Waals surface area (Å²) in [5.41, 5.74) is 2.85. The third kappa shape index (κ3) is 1.82. The number of carbonyl (C=O) groups excluding carboxylic acids is 1. The maximum atomic E-state index is 12.4. The Kier molecular flexibility index (Phi) is 3.25. The van der Waals surface area contributed by atoms with E-state index in [1.807, 2.05) is 12.1 Å². The number of ketones is 1. The van der Waals surface area contributed by atoms with Gasteiger partial charge in [0.25, 0.3) is 0 Å². The zero-order chi connectivity index (χ0) is 17.1. The highest BCUT2D eigenvalue weighted by atomic mass is 16.5. The molecule has 1 aromatic rings. The van der Waals surface area contributed by atoms with Gasteiger partial charge in [-0.1, -0.05) is 6.07 Å². The van der Waals surface area contributed by atoms with Crippen molar-refractivity contribution in [1.29, 1.82) is 0 Å². The standard InChI is InChI=1S/C19H21NO4/c1-20-7-6-19-10-16(23-2)15(22)9-12(19)13(20)8-11-4-5-14(21)18(24-3)17(11)19/h4-5,9-10,13,21H,6-8H2,1-3H3/p+1/t13-,19+/m0/s1. The second-order valence-electron chi connectivity index (χ2n) is 6.90. The summed E-state index contributed by atoms with van der Waals surface area (Å²) < 4.78 is 10.9. The van der Waals surface area contributed by atoms with E-state index in [1.165, 1.54) is 17.6 Å². The van der Waals surface area contributed by atoms with Gasteiger partial charge < -0.3 is 19.5 Å². The van der Waals surface area contributed by atoms with Gasteiger partial charge in [0.05, 0.1) is 33.2 Å². The number of ether oxygens (including phenoxy) is 2. The molecule has 2 N–H and O–H groups in total. The second kappa shape index (κ2) is 5.11. The van der Waals surface area contributed by atoms with Gasteiger partial charge in [-0.15, -0.1) is 0 Å². The highest BCUT2D eigenvalue weighted by Crippen LogP contribution is 2.53. The summed E-state index contributed by atoms with van der Waals surface area (Å²) in [6.07, 6.45) is 5.39. The number of likely N-dealkylation sites (tertiary alicyclic amines) is 1. The Morgan fingerprint density at radius 1 is 1.29 bits per heavy atom. The Labute approximate surface area is 141 Å².